The zero-order valence-electron chi connectivity index (χ0n) is 12.8. The minimum Gasteiger partial charge on any atom is -0.370 e. The minimum atomic E-state index is 0.308. The third kappa shape index (κ3) is 2.01. The van der Waals surface area contributed by atoms with Crippen LogP contribution < -0.4 is 0 Å². The summed E-state index contributed by atoms with van der Waals surface area (Å²) in [5.74, 6) is 0.845. The Morgan fingerprint density at radius 2 is 2.05 bits per heavy atom. The van der Waals surface area contributed by atoms with Crippen LogP contribution in [-0.4, -0.2) is 12.2 Å². The summed E-state index contributed by atoms with van der Waals surface area (Å²) in [6, 6.07) is 0. The van der Waals surface area contributed by atoms with Crippen molar-refractivity contribution in [2.24, 2.45) is 11.3 Å². The van der Waals surface area contributed by atoms with E-state index in [1.54, 1.807) is 11.1 Å². The van der Waals surface area contributed by atoms with Crippen molar-refractivity contribution in [2.45, 2.75) is 71.3 Å². The molecule has 2 saturated carbocycles. The highest BCUT2D eigenvalue weighted by atomic mass is 16.6. The Balaban J connectivity index is 1.99. The van der Waals surface area contributed by atoms with Crippen molar-refractivity contribution < 1.29 is 4.74 Å². The first-order chi connectivity index (χ1) is 9.19. The summed E-state index contributed by atoms with van der Waals surface area (Å²) in [5.41, 5.74) is 4.06. The number of fused-ring (bicyclic) bond motifs is 1. The molecule has 0 radical (unpaired) electrons. The summed E-state index contributed by atoms with van der Waals surface area (Å²) >= 11 is 0. The fourth-order valence-electron chi connectivity index (χ4n) is 4.92. The molecule has 1 spiro atoms. The van der Waals surface area contributed by atoms with Gasteiger partial charge in [0.1, 0.15) is 0 Å². The average molecular weight is 260 g/mol. The second kappa shape index (κ2) is 4.77. The quantitative estimate of drug-likeness (QED) is 0.602. The molecule has 3 atom stereocenters. The van der Waals surface area contributed by atoms with Crippen LogP contribution in [0, 0.1) is 11.3 Å². The Labute approximate surface area is 118 Å². The van der Waals surface area contributed by atoms with Crippen LogP contribution in [0.25, 0.3) is 0 Å². The largest absolute Gasteiger partial charge is 0.370 e. The summed E-state index contributed by atoms with van der Waals surface area (Å²) in [6.45, 7) is 7.90. The van der Waals surface area contributed by atoms with Crippen molar-refractivity contribution in [3.05, 3.63) is 23.3 Å². The predicted molar refractivity (Wildman–Crippen MR) is 80.1 cm³/mol. The molecule has 0 aromatic heterocycles. The predicted octanol–water partition coefficient (Wildman–Crippen LogP) is 5.03. The number of rotatable bonds is 1. The number of hydrogen-bond donors (Lipinski definition) is 0. The number of hydrogen-bond acceptors (Lipinski definition) is 1. The molecule has 1 saturated heterocycles. The van der Waals surface area contributed by atoms with E-state index in [1.165, 1.54) is 44.9 Å². The topological polar surface area (TPSA) is 12.5 Å². The van der Waals surface area contributed by atoms with Gasteiger partial charge in [-0.2, -0.15) is 0 Å². The van der Waals surface area contributed by atoms with Gasteiger partial charge in [0.2, 0.25) is 0 Å². The van der Waals surface area contributed by atoms with Crippen LogP contribution in [0.2, 0.25) is 0 Å². The van der Waals surface area contributed by atoms with Crippen LogP contribution >= 0.6 is 0 Å². The molecule has 0 aromatic rings. The van der Waals surface area contributed by atoms with Crippen molar-refractivity contribution in [1.82, 2.24) is 0 Å². The van der Waals surface area contributed by atoms with Gasteiger partial charge in [0.05, 0.1) is 12.2 Å². The van der Waals surface area contributed by atoms with Crippen LogP contribution in [0.15, 0.2) is 23.3 Å². The van der Waals surface area contributed by atoms with E-state index < -0.39 is 0 Å². The smallest absolute Gasteiger partial charge is 0.0919 e. The normalized spacial score (nSPS) is 46.4. The van der Waals surface area contributed by atoms with Crippen LogP contribution in [0.3, 0.4) is 0 Å². The molecule has 3 rings (SSSR count). The van der Waals surface area contributed by atoms with Gasteiger partial charge >= 0.3 is 0 Å². The minimum absolute atomic E-state index is 0.308. The van der Waals surface area contributed by atoms with Crippen molar-refractivity contribution in [1.29, 1.82) is 0 Å². The van der Waals surface area contributed by atoms with Gasteiger partial charge in [0.15, 0.2) is 0 Å². The van der Waals surface area contributed by atoms with Crippen molar-refractivity contribution in [2.75, 3.05) is 6.61 Å². The maximum absolute atomic E-state index is 5.80. The van der Waals surface area contributed by atoms with Gasteiger partial charge in [-0.15, -0.1) is 0 Å². The fraction of sp³-hybridized carbons (Fsp3) is 0.778. The molecular formula is C18H28O. The van der Waals surface area contributed by atoms with E-state index in [-0.39, 0.29) is 0 Å². The molecule has 3 aliphatic rings. The van der Waals surface area contributed by atoms with E-state index >= 15 is 0 Å². The lowest BCUT2D eigenvalue weighted by Gasteiger charge is -2.47. The van der Waals surface area contributed by atoms with Gasteiger partial charge in [-0.3, -0.25) is 0 Å². The molecule has 0 amide bonds. The van der Waals surface area contributed by atoms with E-state index in [4.69, 9.17) is 4.74 Å². The maximum Gasteiger partial charge on any atom is 0.0919 e. The monoisotopic (exact) mass is 260 g/mol. The molecule has 1 heteroatoms. The van der Waals surface area contributed by atoms with E-state index in [0.717, 1.165) is 12.5 Å². The first kappa shape index (κ1) is 13.4. The number of ether oxygens (including phenoxy) is 1. The lowest BCUT2D eigenvalue weighted by molar-refractivity contribution is 0.0687. The number of allylic oxidation sites excluding steroid dienone is 4. The van der Waals surface area contributed by atoms with Crippen LogP contribution in [0.1, 0.15) is 65.7 Å². The van der Waals surface area contributed by atoms with E-state index in [9.17, 15) is 0 Å². The summed E-state index contributed by atoms with van der Waals surface area (Å²) in [4.78, 5) is 0. The molecule has 19 heavy (non-hydrogen) atoms. The van der Waals surface area contributed by atoms with Crippen LogP contribution in [-0.2, 0) is 4.74 Å². The summed E-state index contributed by atoms with van der Waals surface area (Å²) < 4.78 is 5.80. The lowest BCUT2D eigenvalue weighted by Crippen LogP contribution is -2.40. The SMILES string of the molecule is CC=C1CCCC2CC3(CCC2(CC)C1=CC)CO3. The lowest BCUT2D eigenvalue weighted by atomic mass is 9.57. The zero-order valence-corrected chi connectivity index (χ0v) is 12.8. The Bertz CT molecular complexity index is 413. The van der Waals surface area contributed by atoms with Gasteiger partial charge in [0.25, 0.3) is 0 Å². The van der Waals surface area contributed by atoms with Gasteiger partial charge in [-0.1, -0.05) is 19.1 Å². The summed E-state index contributed by atoms with van der Waals surface area (Å²) in [6.07, 6.45) is 14.1. The van der Waals surface area contributed by atoms with E-state index in [1.807, 2.05) is 0 Å². The second-order valence-corrected chi connectivity index (χ2v) is 6.79. The molecule has 2 aliphatic carbocycles. The van der Waals surface area contributed by atoms with E-state index in [2.05, 4.69) is 32.9 Å². The third-order valence-electron chi connectivity index (χ3n) is 6.13. The molecule has 0 aromatic carbocycles. The highest BCUT2D eigenvalue weighted by Gasteiger charge is 2.56. The first-order valence-electron chi connectivity index (χ1n) is 8.16. The molecule has 3 fully saturated rings. The Kier molecular flexibility index (Phi) is 3.37. The highest BCUT2D eigenvalue weighted by Crippen LogP contribution is 2.60. The van der Waals surface area contributed by atoms with Crippen LogP contribution in [0.4, 0.5) is 0 Å². The number of epoxide rings is 1. The van der Waals surface area contributed by atoms with E-state index in [0.29, 0.717) is 11.0 Å². The Hall–Kier alpha value is -0.560. The standard InChI is InChI=1S/C18H28O/c1-4-14-8-7-9-15-12-17(13-19-17)10-11-18(15,6-3)16(14)5-2/h4-5,15H,6-13H2,1-3H3. The first-order valence-corrected chi connectivity index (χ1v) is 8.16. The molecule has 1 aliphatic heterocycles. The zero-order chi connectivity index (χ0) is 13.5. The van der Waals surface area contributed by atoms with Gasteiger partial charge in [0, 0.05) is 0 Å². The highest BCUT2D eigenvalue weighted by molar-refractivity contribution is 5.39. The molecular weight excluding hydrogens is 232 g/mol. The molecule has 0 N–H and O–H groups in total. The molecule has 3 unspecified atom stereocenters. The molecule has 1 heterocycles. The van der Waals surface area contributed by atoms with Gasteiger partial charge < -0.3 is 4.74 Å². The Morgan fingerprint density at radius 1 is 1.26 bits per heavy atom. The summed E-state index contributed by atoms with van der Waals surface area (Å²) in [5, 5.41) is 0. The van der Waals surface area contributed by atoms with Gasteiger partial charge in [-0.25, -0.2) is 0 Å². The Morgan fingerprint density at radius 3 is 2.63 bits per heavy atom. The van der Waals surface area contributed by atoms with Crippen molar-refractivity contribution in [3.63, 3.8) is 0 Å². The van der Waals surface area contributed by atoms with Crippen LogP contribution in [0.5, 0.6) is 0 Å². The molecule has 0 bridgehead atoms. The molecule has 106 valence electrons. The fourth-order valence-corrected chi connectivity index (χ4v) is 4.92. The van der Waals surface area contributed by atoms with Crippen molar-refractivity contribution in [3.8, 4) is 0 Å². The third-order valence-corrected chi connectivity index (χ3v) is 6.13. The average Bonchev–Trinajstić information content (AvgIpc) is 3.21. The summed E-state index contributed by atoms with van der Waals surface area (Å²) in [7, 11) is 0. The van der Waals surface area contributed by atoms with Gasteiger partial charge in [-0.05, 0) is 81.3 Å². The maximum atomic E-state index is 5.80. The molecule has 1 nitrogen and oxygen atoms in total. The second-order valence-electron chi connectivity index (χ2n) is 6.79. The van der Waals surface area contributed by atoms with Crippen molar-refractivity contribution >= 4 is 0 Å².